The molecule has 3 aromatic rings. The van der Waals surface area contributed by atoms with Gasteiger partial charge in [-0.25, -0.2) is 15.0 Å². The largest absolute Gasteiger partial charge is 0.378 e. The quantitative estimate of drug-likeness (QED) is 0.676. The first-order chi connectivity index (χ1) is 11.2. The number of pyridine rings is 1. The SMILES string of the molecule is Cc1nc2c(N3CCOCC3)nccn2c1-c1ccc(Cl)nc1. The second kappa shape index (κ2) is 5.79. The van der Waals surface area contributed by atoms with Crippen LogP contribution in [-0.2, 0) is 4.74 Å². The maximum Gasteiger partial charge on any atom is 0.181 e. The van der Waals surface area contributed by atoms with Gasteiger partial charge in [0.1, 0.15) is 5.15 Å². The van der Waals surface area contributed by atoms with E-state index >= 15 is 0 Å². The van der Waals surface area contributed by atoms with Crippen LogP contribution in [0.25, 0.3) is 16.9 Å². The molecule has 3 aromatic heterocycles. The Balaban J connectivity index is 1.87. The Labute approximate surface area is 138 Å². The standard InChI is InChI=1S/C16H16ClN5O/c1-11-14(12-2-3-13(17)19-10-12)22-5-4-18-15(16(22)20-11)21-6-8-23-9-7-21/h2-5,10H,6-9H2,1H3. The zero-order valence-electron chi connectivity index (χ0n) is 12.7. The lowest BCUT2D eigenvalue weighted by Gasteiger charge is -2.27. The van der Waals surface area contributed by atoms with Crippen molar-refractivity contribution in [1.29, 1.82) is 0 Å². The highest BCUT2D eigenvalue weighted by molar-refractivity contribution is 6.29. The molecule has 0 radical (unpaired) electrons. The van der Waals surface area contributed by atoms with Crippen LogP contribution >= 0.6 is 11.6 Å². The van der Waals surface area contributed by atoms with Crippen molar-refractivity contribution in [2.45, 2.75) is 6.92 Å². The second-order valence-corrected chi connectivity index (χ2v) is 5.85. The molecule has 0 aliphatic carbocycles. The van der Waals surface area contributed by atoms with E-state index in [1.54, 1.807) is 12.3 Å². The highest BCUT2D eigenvalue weighted by atomic mass is 35.5. The van der Waals surface area contributed by atoms with Gasteiger partial charge in [0.2, 0.25) is 0 Å². The molecule has 1 saturated heterocycles. The van der Waals surface area contributed by atoms with Crippen LogP contribution in [0.3, 0.4) is 0 Å². The highest BCUT2D eigenvalue weighted by Crippen LogP contribution is 2.28. The van der Waals surface area contributed by atoms with Gasteiger partial charge in [0.15, 0.2) is 11.5 Å². The van der Waals surface area contributed by atoms with Gasteiger partial charge in [-0.1, -0.05) is 11.6 Å². The Morgan fingerprint density at radius 2 is 2.00 bits per heavy atom. The third-order valence-corrected chi connectivity index (χ3v) is 4.23. The van der Waals surface area contributed by atoms with Crippen LogP contribution in [0.2, 0.25) is 5.15 Å². The number of aryl methyl sites for hydroxylation is 1. The van der Waals surface area contributed by atoms with Crippen molar-refractivity contribution in [3.63, 3.8) is 0 Å². The zero-order valence-corrected chi connectivity index (χ0v) is 13.5. The molecule has 1 aliphatic heterocycles. The molecular weight excluding hydrogens is 314 g/mol. The molecule has 0 unspecified atom stereocenters. The Kier molecular flexibility index (Phi) is 3.63. The summed E-state index contributed by atoms with van der Waals surface area (Å²) in [5, 5.41) is 0.482. The fourth-order valence-corrected chi connectivity index (χ4v) is 3.05. The number of hydrogen-bond donors (Lipinski definition) is 0. The number of hydrogen-bond acceptors (Lipinski definition) is 5. The van der Waals surface area contributed by atoms with E-state index in [1.165, 1.54) is 0 Å². The number of aromatic nitrogens is 4. The summed E-state index contributed by atoms with van der Waals surface area (Å²) in [6.45, 7) is 5.10. The van der Waals surface area contributed by atoms with Crippen molar-refractivity contribution in [1.82, 2.24) is 19.4 Å². The fraction of sp³-hybridized carbons (Fsp3) is 0.312. The molecule has 0 aromatic carbocycles. The van der Waals surface area contributed by atoms with Crippen molar-refractivity contribution < 1.29 is 4.74 Å². The first-order valence-corrected chi connectivity index (χ1v) is 7.90. The number of anilines is 1. The number of halogens is 1. The Hall–Kier alpha value is -2.18. The monoisotopic (exact) mass is 329 g/mol. The van der Waals surface area contributed by atoms with Gasteiger partial charge in [-0.05, 0) is 19.1 Å². The van der Waals surface area contributed by atoms with E-state index in [-0.39, 0.29) is 0 Å². The first kappa shape index (κ1) is 14.4. The number of fused-ring (bicyclic) bond motifs is 1. The molecule has 118 valence electrons. The predicted molar refractivity (Wildman–Crippen MR) is 89.0 cm³/mol. The van der Waals surface area contributed by atoms with Gasteiger partial charge < -0.3 is 9.64 Å². The van der Waals surface area contributed by atoms with Crippen LogP contribution in [0.4, 0.5) is 5.82 Å². The molecule has 0 saturated carbocycles. The normalized spacial score (nSPS) is 15.3. The average molecular weight is 330 g/mol. The third kappa shape index (κ3) is 2.54. The zero-order chi connectivity index (χ0) is 15.8. The fourth-order valence-electron chi connectivity index (χ4n) is 2.94. The summed E-state index contributed by atoms with van der Waals surface area (Å²) >= 11 is 5.90. The molecule has 23 heavy (non-hydrogen) atoms. The summed E-state index contributed by atoms with van der Waals surface area (Å²) in [7, 11) is 0. The lowest BCUT2D eigenvalue weighted by molar-refractivity contribution is 0.122. The van der Waals surface area contributed by atoms with E-state index in [0.717, 1.165) is 54.7 Å². The van der Waals surface area contributed by atoms with E-state index in [4.69, 9.17) is 21.3 Å². The maximum absolute atomic E-state index is 5.90. The number of imidazole rings is 1. The molecule has 0 amide bonds. The maximum atomic E-state index is 5.90. The minimum atomic E-state index is 0.482. The van der Waals surface area contributed by atoms with Gasteiger partial charge in [-0.2, -0.15) is 0 Å². The Morgan fingerprint density at radius 1 is 1.17 bits per heavy atom. The molecule has 0 N–H and O–H groups in total. The number of nitrogens with zero attached hydrogens (tertiary/aromatic N) is 5. The third-order valence-electron chi connectivity index (χ3n) is 4.01. The van der Waals surface area contributed by atoms with Gasteiger partial charge in [-0.3, -0.25) is 4.40 Å². The molecule has 0 bridgehead atoms. The van der Waals surface area contributed by atoms with E-state index in [0.29, 0.717) is 5.15 Å². The van der Waals surface area contributed by atoms with Gasteiger partial charge >= 0.3 is 0 Å². The summed E-state index contributed by atoms with van der Waals surface area (Å²) in [4.78, 5) is 15.7. The Bertz CT molecular complexity index is 840. The smallest absolute Gasteiger partial charge is 0.181 e. The first-order valence-electron chi connectivity index (χ1n) is 7.52. The number of morpholine rings is 1. The van der Waals surface area contributed by atoms with Gasteiger partial charge in [0.25, 0.3) is 0 Å². The van der Waals surface area contributed by atoms with Crippen molar-refractivity contribution in [3.8, 4) is 11.3 Å². The minimum Gasteiger partial charge on any atom is -0.378 e. The summed E-state index contributed by atoms with van der Waals surface area (Å²) in [5.41, 5.74) is 3.80. The Morgan fingerprint density at radius 3 is 2.74 bits per heavy atom. The molecule has 1 aliphatic rings. The van der Waals surface area contributed by atoms with Crippen molar-refractivity contribution in [2.75, 3.05) is 31.2 Å². The van der Waals surface area contributed by atoms with Crippen LogP contribution in [0, 0.1) is 6.92 Å². The van der Waals surface area contributed by atoms with Crippen LogP contribution < -0.4 is 4.90 Å². The summed E-state index contributed by atoms with van der Waals surface area (Å²) < 4.78 is 7.49. The van der Waals surface area contributed by atoms with E-state index in [9.17, 15) is 0 Å². The predicted octanol–water partition coefficient (Wildman–Crippen LogP) is 2.59. The summed E-state index contributed by atoms with van der Waals surface area (Å²) in [6, 6.07) is 3.75. The minimum absolute atomic E-state index is 0.482. The lowest BCUT2D eigenvalue weighted by atomic mass is 10.2. The van der Waals surface area contributed by atoms with E-state index < -0.39 is 0 Å². The van der Waals surface area contributed by atoms with Gasteiger partial charge in [-0.15, -0.1) is 0 Å². The molecule has 6 nitrogen and oxygen atoms in total. The highest BCUT2D eigenvalue weighted by Gasteiger charge is 2.20. The number of ether oxygens (including phenoxy) is 1. The van der Waals surface area contributed by atoms with Crippen LogP contribution in [-0.4, -0.2) is 45.7 Å². The second-order valence-electron chi connectivity index (χ2n) is 5.46. The number of rotatable bonds is 2. The molecule has 1 fully saturated rings. The molecule has 0 spiro atoms. The lowest BCUT2D eigenvalue weighted by Crippen LogP contribution is -2.37. The molecule has 7 heteroatoms. The van der Waals surface area contributed by atoms with Crippen molar-refractivity contribution >= 4 is 23.1 Å². The van der Waals surface area contributed by atoms with Gasteiger partial charge in [0, 0.05) is 37.2 Å². The van der Waals surface area contributed by atoms with Gasteiger partial charge in [0.05, 0.1) is 24.6 Å². The summed E-state index contributed by atoms with van der Waals surface area (Å²) in [6.07, 6.45) is 5.52. The average Bonchev–Trinajstić information content (AvgIpc) is 2.92. The van der Waals surface area contributed by atoms with Crippen molar-refractivity contribution in [3.05, 3.63) is 41.6 Å². The molecular formula is C16H16ClN5O. The summed E-state index contributed by atoms with van der Waals surface area (Å²) in [5.74, 6) is 0.895. The van der Waals surface area contributed by atoms with Crippen molar-refractivity contribution in [2.24, 2.45) is 0 Å². The molecule has 4 rings (SSSR count). The van der Waals surface area contributed by atoms with E-state index in [1.807, 2.05) is 25.4 Å². The van der Waals surface area contributed by atoms with E-state index in [2.05, 4.69) is 19.3 Å². The molecule has 0 atom stereocenters. The topological polar surface area (TPSA) is 55.5 Å². The van der Waals surface area contributed by atoms with Crippen LogP contribution in [0.15, 0.2) is 30.7 Å². The molecule has 4 heterocycles. The van der Waals surface area contributed by atoms with Crippen LogP contribution in [0.5, 0.6) is 0 Å². The van der Waals surface area contributed by atoms with Crippen LogP contribution in [0.1, 0.15) is 5.69 Å².